The topological polar surface area (TPSA) is 106 Å². The highest BCUT2D eigenvalue weighted by molar-refractivity contribution is 5.98. The van der Waals surface area contributed by atoms with Crippen molar-refractivity contribution in [1.29, 1.82) is 0 Å². The molecule has 1 aliphatic rings. The van der Waals surface area contributed by atoms with Crippen molar-refractivity contribution in [2.24, 2.45) is 5.92 Å². The number of hydrogen-bond donors (Lipinski definition) is 1. The van der Waals surface area contributed by atoms with Crippen LogP contribution in [0.2, 0.25) is 0 Å². The van der Waals surface area contributed by atoms with Crippen molar-refractivity contribution in [2.75, 3.05) is 23.3 Å². The summed E-state index contributed by atoms with van der Waals surface area (Å²) < 4.78 is 1.72. The number of anilines is 2. The van der Waals surface area contributed by atoms with Crippen LogP contribution in [0.15, 0.2) is 60.8 Å². The van der Waals surface area contributed by atoms with Crippen molar-refractivity contribution < 1.29 is 9.72 Å². The molecule has 2 aromatic heterocycles. The van der Waals surface area contributed by atoms with E-state index in [1.807, 2.05) is 24.3 Å². The Kier molecular flexibility index (Phi) is 5.19. The molecule has 3 heterocycles. The molecular formula is C20H20N6O3. The molecular weight excluding hydrogens is 372 g/mol. The highest BCUT2D eigenvalue weighted by Gasteiger charge is 2.18. The number of nitrogens with one attached hydrogen (secondary N) is 1. The fraction of sp³-hybridized carbons (Fsp3) is 0.250. The van der Waals surface area contributed by atoms with Crippen LogP contribution in [0.3, 0.4) is 0 Å². The van der Waals surface area contributed by atoms with Gasteiger partial charge in [-0.1, -0.05) is 12.1 Å². The average Bonchev–Trinajstić information content (AvgIpc) is 3.15. The van der Waals surface area contributed by atoms with Crippen LogP contribution in [-0.2, 0) is 4.79 Å². The maximum Gasteiger partial charge on any atom is 0.269 e. The minimum Gasteiger partial charge on any atom is -0.371 e. The maximum atomic E-state index is 12.2. The molecule has 1 aromatic carbocycles. The van der Waals surface area contributed by atoms with E-state index in [-0.39, 0.29) is 11.6 Å². The van der Waals surface area contributed by atoms with Gasteiger partial charge in [-0.2, -0.15) is 0 Å². The van der Waals surface area contributed by atoms with Crippen molar-refractivity contribution >= 4 is 28.9 Å². The normalized spacial score (nSPS) is 15.1. The Bertz CT molecular complexity index is 1050. The molecule has 29 heavy (non-hydrogen) atoms. The Balaban J connectivity index is 1.30. The second-order valence-corrected chi connectivity index (χ2v) is 6.90. The van der Waals surface area contributed by atoms with Gasteiger partial charge >= 0.3 is 0 Å². The number of piperidine rings is 1. The van der Waals surface area contributed by atoms with Crippen molar-refractivity contribution in [3.63, 3.8) is 0 Å². The number of amides is 1. The van der Waals surface area contributed by atoms with Gasteiger partial charge in [0.05, 0.1) is 4.92 Å². The van der Waals surface area contributed by atoms with Gasteiger partial charge in [-0.15, -0.1) is 10.2 Å². The van der Waals surface area contributed by atoms with Crippen LogP contribution in [0.5, 0.6) is 0 Å². The van der Waals surface area contributed by atoms with Gasteiger partial charge < -0.3 is 4.90 Å². The monoisotopic (exact) mass is 392 g/mol. The van der Waals surface area contributed by atoms with Crippen molar-refractivity contribution in [3.8, 4) is 0 Å². The van der Waals surface area contributed by atoms with E-state index in [1.54, 1.807) is 28.8 Å². The zero-order valence-corrected chi connectivity index (χ0v) is 15.6. The van der Waals surface area contributed by atoms with E-state index in [0.717, 1.165) is 31.6 Å². The highest BCUT2D eigenvalue weighted by atomic mass is 16.6. The van der Waals surface area contributed by atoms with Gasteiger partial charge in [0, 0.05) is 37.1 Å². The molecule has 1 N–H and O–H groups in total. The lowest BCUT2D eigenvalue weighted by molar-refractivity contribution is -0.384. The smallest absolute Gasteiger partial charge is 0.269 e. The highest BCUT2D eigenvalue weighted by Crippen LogP contribution is 2.25. The Hall–Kier alpha value is -3.75. The number of nitro benzene ring substituents is 1. The molecule has 0 unspecified atom stereocenters. The first-order chi connectivity index (χ1) is 14.1. The van der Waals surface area contributed by atoms with Crippen LogP contribution in [0, 0.1) is 16.0 Å². The van der Waals surface area contributed by atoms with Gasteiger partial charge in [-0.3, -0.25) is 24.6 Å². The molecule has 4 rings (SSSR count). The van der Waals surface area contributed by atoms with E-state index in [4.69, 9.17) is 0 Å². The van der Waals surface area contributed by atoms with E-state index in [1.165, 1.54) is 12.1 Å². The number of fused-ring (bicyclic) bond motifs is 1. The van der Waals surface area contributed by atoms with Gasteiger partial charge in [0.15, 0.2) is 5.65 Å². The van der Waals surface area contributed by atoms with E-state index < -0.39 is 4.92 Å². The fourth-order valence-electron chi connectivity index (χ4n) is 3.44. The summed E-state index contributed by atoms with van der Waals surface area (Å²) in [5.74, 6) is 0.467. The molecule has 0 spiro atoms. The third kappa shape index (κ3) is 4.23. The van der Waals surface area contributed by atoms with E-state index in [0.29, 0.717) is 17.5 Å². The van der Waals surface area contributed by atoms with Gasteiger partial charge in [0.2, 0.25) is 11.9 Å². The first-order valence-electron chi connectivity index (χ1n) is 9.38. The number of allylic oxidation sites excluding steroid dienone is 1. The lowest BCUT2D eigenvalue weighted by atomic mass is 9.96. The molecule has 9 heteroatoms. The van der Waals surface area contributed by atoms with Crippen LogP contribution >= 0.6 is 0 Å². The van der Waals surface area contributed by atoms with Gasteiger partial charge in [-0.25, -0.2) is 0 Å². The number of nitro groups is 1. The SMILES string of the molecule is O=C(C=CC1CCN(c2ccc([N+](=O)[O-])cc2)CC1)Nc1nnc2ccccn12. The summed E-state index contributed by atoms with van der Waals surface area (Å²) in [5.41, 5.74) is 1.75. The molecule has 3 aromatic rings. The minimum absolute atomic E-state index is 0.0954. The molecule has 1 saturated heterocycles. The van der Waals surface area contributed by atoms with Gasteiger partial charge in [0.1, 0.15) is 0 Å². The van der Waals surface area contributed by atoms with Crippen LogP contribution in [0.4, 0.5) is 17.3 Å². The first kappa shape index (κ1) is 18.6. The summed E-state index contributed by atoms with van der Waals surface area (Å²) in [6, 6.07) is 12.1. The quantitative estimate of drug-likeness (QED) is 0.406. The van der Waals surface area contributed by atoms with Crippen LogP contribution in [0.25, 0.3) is 5.65 Å². The molecule has 1 fully saturated rings. The number of non-ortho nitro benzene ring substituents is 1. The third-order valence-electron chi connectivity index (χ3n) is 5.03. The Morgan fingerprint density at radius 2 is 1.90 bits per heavy atom. The van der Waals surface area contributed by atoms with Crippen molar-refractivity contribution in [2.45, 2.75) is 12.8 Å². The summed E-state index contributed by atoms with van der Waals surface area (Å²) in [6.45, 7) is 1.67. The summed E-state index contributed by atoms with van der Waals surface area (Å²) in [6.07, 6.45) is 7.10. The molecule has 0 atom stereocenters. The third-order valence-corrected chi connectivity index (χ3v) is 5.03. The number of benzene rings is 1. The molecule has 0 radical (unpaired) electrons. The number of nitrogens with zero attached hydrogens (tertiary/aromatic N) is 5. The lowest BCUT2D eigenvalue weighted by Crippen LogP contribution is -2.33. The molecule has 0 saturated carbocycles. The molecule has 0 aliphatic carbocycles. The molecule has 9 nitrogen and oxygen atoms in total. The number of aromatic nitrogens is 3. The summed E-state index contributed by atoms with van der Waals surface area (Å²) in [5, 5.41) is 21.5. The summed E-state index contributed by atoms with van der Waals surface area (Å²) in [4.78, 5) is 24.8. The second kappa shape index (κ2) is 8.09. The molecule has 1 aliphatic heterocycles. The van der Waals surface area contributed by atoms with Gasteiger partial charge in [0.25, 0.3) is 5.69 Å². The number of hydrogen-bond acceptors (Lipinski definition) is 6. The zero-order valence-electron chi connectivity index (χ0n) is 15.6. The largest absolute Gasteiger partial charge is 0.371 e. The number of pyridine rings is 1. The molecule has 1 amide bonds. The number of rotatable bonds is 5. The predicted octanol–water partition coefficient (Wildman–Crippen LogP) is 3.05. The Labute approximate surface area is 166 Å². The summed E-state index contributed by atoms with van der Waals surface area (Å²) >= 11 is 0. The maximum absolute atomic E-state index is 12.2. The Morgan fingerprint density at radius 1 is 1.14 bits per heavy atom. The van der Waals surface area contributed by atoms with E-state index >= 15 is 0 Å². The Morgan fingerprint density at radius 3 is 2.62 bits per heavy atom. The molecule has 0 bridgehead atoms. The second-order valence-electron chi connectivity index (χ2n) is 6.90. The first-order valence-corrected chi connectivity index (χ1v) is 9.38. The van der Waals surface area contributed by atoms with Crippen molar-refractivity contribution in [3.05, 3.63) is 70.9 Å². The number of carbonyl (C=O) groups is 1. The average molecular weight is 392 g/mol. The lowest BCUT2D eigenvalue weighted by Gasteiger charge is -2.32. The zero-order chi connectivity index (χ0) is 20.2. The number of carbonyl (C=O) groups excluding carboxylic acids is 1. The van der Waals surface area contributed by atoms with Crippen LogP contribution in [-0.4, -0.2) is 38.5 Å². The van der Waals surface area contributed by atoms with E-state index in [2.05, 4.69) is 20.4 Å². The van der Waals surface area contributed by atoms with Crippen molar-refractivity contribution in [1.82, 2.24) is 14.6 Å². The standard InChI is InChI=1S/C20H20N6O3/c27-19(21-20-23-22-18-3-1-2-12-25(18)20)9-4-15-10-13-24(14-11-15)16-5-7-17(8-6-16)26(28)29/h1-9,12,15H,10-11,13-14H2,(H,21,23,27). The van der Waals surface area contributed by atoms with Crippen LogP contribution < -0.4 is 10.2 Å². The minimum atomic E-state index is -0.395. The fourth-order valence-corrected chi connectivity index (χ4v) is 3.44. The predicted molar refractivity (Wildman–Crippen MR) is 109 cm³/mol. The van der Waals surface area contributed by atoms with E-state index in [9.17, 15) is 14.9 Å². The van der Waals surface area contributed by atoms with Crippen LogP contribution in [0.1, 0.15) is 12.8 Å². The summed E-state index contributed by atoms with van der Waals surface area (Å²) in [7, 11) is 0. The molecule has 148 valence electrons. The van der Waals surface area contributed by atoms with Gasteiger partial charge in [-0.05, 0) is 49.1 Å².